The molecule has 0 spiro atoms. The summed E-state index contributed by atoms with van der Waals surface area (Å²) in [6.07, 6.45) is -4.51. The van der Waals surface area contributed by atoms with Gasteiger partial charge >= 0.3 is 6.18 Å². The van der Waals surface area contributed by atoms with E-state index in [0.29, 0.717) is 16.2 Å². The number of halogens is 3. The van der Waals surface area contributed by atoms with Crippen molar-refractivity contribution in [1.29, 1.82) is 0 Å². The number of hydrogen-bond donors (Lipinski definition) is 2. The summed E-state index contributed by atoms with van der Waals surface area (Å²) in [6, 6.07) is 4.26. The largest absolute Gasteiger partial charge is 0.406 e. The minimum Gasteiger partial charge on any atom is -0.399 e. The zero-order chi connectivity index (χ0) is 14.6. The molecule has 1 amide bonds. The van der Waals surface area contributed by atoms with Crippen LogP contribution in [0, 0.1) is 6.92 Å². The highest BCUT2D eigenvalue weighted by Gasteiger charge is 2.33. The monoisotopic (exact) mass is 276 g/mol. The molecule has 4 nitrogen and oxygen atoms in total. The van der Waals surface area contributed by atoms with Crippen LogP contribution in [0.25, 0.3) is 0 Å². The van der Waals surface area contributed by atoms with Crippen LogP contribution in [-0.2, 0) is 0 Å². The van der Waals surface area contributed by atoms with E-state index in [9.17, 15) is 18.0 Å². The fourth-order valence-corrected chi connectivity index (χ4v) is 1.58. The lowest BCUT2D eigenvalue weighted by atomic mass is 10.1. The molecule has 0 saturated carbocycles. The first kappa shape index (κ1) is 15.3. The number of nitrogens with two attached hydrogens (primary N) is 1. The van der Waals surface area contributed by atoms with Gasteiger partial charge in [-0.2, -0.15) is 13.2 Å². The van der Waals surface area contributed by atoms with Crippen molar-refractivity contribution in [3.8, 4) is 0 Å². The molecule has 0 fully saturated rings. The average Bonchev–Trinajstić information content (AvgIpc) is 2.29. The van der Waals surface area contributed by atoms with E-state index < -0.39 is 25.2 Å². The van der Waals surface area contributed by atoms with Crippen LogP contribution < -0.4 is 5.73 Å². The van der Waals surface area contributed by atoms with Crippen molar-refractivity contribution < 1.29 is 23.1 Å². The Labute approximate surface area is 108 Å². The van der Waals surface area contributed by atoms with E-state index in [0.717, 1.165) is 0 Å². The first-order chi connectivity index (χ1) is 8.74. The third-order valence-corrected chi connectivity index (χ3v) is 2.54. The normalized spacial score (nSPS) is 11.4. The third kappa shape index (κ3) is 4.44. The number of hydrogen-bond acceptors (Lipinski definition) is 3. The smallest absolute Gasteiger partial charge is 0.399 e. The Morgan fingerprint density at radius 2 is 2.05 bits per heavy atom. The fraction of sp³-hybridized carbons (Fsp3) is 0.417. The molecule has 7 heteroatoms. The van der Waals surface area contributed by atoms with Crippen LogP contribution in [0.15, 0.2) is 18.2 Å². The number of aryl methyl sites for hydroxylation is 1. The molecule has 0 aliphatic rings. The summed E-state index contributed by atoms with van der Waals surface area (Å²) in [7, 11) is 0. The van der Waals surface area contributed by atoms with Crippen molar-refractivity contribution in [3.63, 3.8) is 0 Å². The van der Waals surface area contributed by atoms with Gasteiger partial charge in [0, 0.05) is 17.8 Å². The van der Waals surface area contributed by atoms with Gasteiger partial charge in [0.2, 0.25) is 0 Å². The Kier molecular flexibility index (Phi) is 4.77. The first-order valence-corrected chi connectivity index (χ1v) is 5.57. The molecule has 0 heterocycles. The van der Waals surface area contributed by atoms with Gasteiger partial charge in [-0.05, 0) is 30.7 Å². The van der Waals surface area contributed by atoms with Gasteiger partial charge < -0.3 is 15.7 Å². The number of aliphatic hydroxyl groups is 1. The maximum atomic E-state index is 12.4. The van der Waals surface area contributed by atoms with E-state index >= 15 is 0 Å². The van der Waals surface area contributed by atoms with Gasteiger partial charge in [-0.1, -0.05) is 0 Å². The van der Waals surface area contributed by atoms with E-state index in [-0.39, 0.29) is 12.1 Å². The molecule has 0 bridgehead atoms. The van der Waals surface area contributed by atoms with Gasteiger partial charge in [-0.3, -0.25) is 4.79 Å². The zero-order valence-electron chi connectivity index (χ0n) is 10.4. The van der Waals surface area contributed by atoms with Gasteiger partial charge in [-0.25, -0.2) is 0 Å². The molecule has 0 atom stereocenters. The van der Waals surface area contributed by atoms with Gasteiger partial charge in [0.15, 0.2) is 0 Å². The number of aliphatic hydroxyl groups excluding tert-OH is 1. The molecule has 1 rings (SSSR count). The predicted molar refractivity (Wildman–Crippen MR) is 64.6 cm³/mol. The minimum absolute atomic E-state index is 0.115. The Morgan fingerprint density at radius 3 is 2.53 bits per heavy atom. The highest BCUT2D eigenvalue weighted by molar-refractivity contribution is 5.94. The Balaban J connectivity index is 2.95. The van der Waals surface area contributed by atoms with Crippen LogP contribution in [0.3, 0.4) is 0 Å². The molecule has 106 valence electrons. The van der Waals surface area contributed by atoms with Crippen molar-refractivity contribution in [3.05, 3.63) is 29.3 Å². The Morgan fingerprint density at radius 1 is 1.42 bits per heavy atom. The Hall–Kier alpha value is -1.76. The topological polar surface area (TPSA) is 66.6 Å². The van der Waals surface area contributed by atoms with E-state index in [1.807, 2.05) is 0 Å². The number of rotatable bonds is 4. The summed E-state index contributed by atoms with van der Waals surface area (Å²) < 4.78 is 37.1. The molecule has 1 aromatic rings. The zero-order valence-corrected chi connectivity index (χ0v) is 10.4. The summed E-state index contributed by atoms with van der Waals surface area (Å²) >= 11 is 0. The van der Waals surface area contributed by atoms with Crippen LogP contribution in [0.1, 0.15) is 15.9 Å². The molecular weight excluding hydrogens is 261 g/mol. The second-order valence-electron chi connectivity index (χ2n) is 4.14. The van der Waals surface area contributed by atoms with Gasteiger partial charge in [-0.15, -0.1) is 0 Å². The number of carbonyl (C=O) groups is 1. The van der Waals surface area contributed by atoms with E-state index in [2.05, 4.69) is 0 Å². The van der Waals surface area contributed by atoms with Crippen molar-refractivity contribution in [2.45, 2.75) is 13.1 Å². The van der Waals surface area contributed by atoms with Crippen molar-refractivity contribution >= 4 is 11.6 Å². The highest BCUT2D eigenvalue weighted by Crippen LogP contribution is 2.19. The molecule has 0 radical (unpaired) electrons. The average molecular weight is 276 g/mol. The maximum absolute atomic E-state index is 12.4. The van der Waals surface area contributed by atoms with Crippen LogP contribution in [0.2, 0.25) is 0 Å². The molecule has 0 aliphatic carbocycles. The summed E-state index contributed by atoms with van der Waals surface area (Å²) in [4.78, 5) is 12.5. The lowest BCUT2D eigenvalue weighted by Gasteiger charge is -2.23. The maximum Gasteiger partial charge on any atom is 0.406 e. The molecular formula is C12H15F3N2O2. The summed E-state index contributed by atoms with van der Waals surface area (Å²) in [6.45, 7) is -0.639. The molecule has 3 N–H and O–H groups in total. The molecule has 0 unspecified atom stereocenters. The summed E-state index contributed by atoms with van der Waals surface area (Å²) in [5.74, 6) is -0.783. The van der Waals surface area contributed by atoms with E-state index in [1.54, 1.807) is 6.92 Å². The number of anilines is 1. The van der Waals surface area contributed by atoms with Gasteiger partial charge in [0.05, 0.1) is 6.61 Å². The van der Waals surface area contributed by atoms with E-state index in [1.165, 1.54) is 18.2 Å². The number of benzene rings is 1. The quantitative estimate of drug-likeness (QED) is 0.820. The molecule has 1 aromatic carbocycles. The molecule has 0 saturated heterocycles. The van der Waals surface area contributed by atoms with E-state index in [4.69, 9.17) is 10.8 Å². The van der Waals surface area contributed by atoms with Crippen molar-refractivity contribution in [2.75, 3.05) is 25.4 Å². The number of nitrogens with zero attached hydrogens (tertiary/aromatic N) is 1. The standard InChI is InChI=1S/C12H15F3N2O2/c1-8-6-9(2-3-10(8)16)11(19)17(4-5-18)7-12(13,14)15/h2-3,6,18H,4-5,7,16H2,1H3. The molecule has 19 heavy (non-hydrogen) atoms. The lowest BCUT2D eigenvalue weighted by Crippen LogP contribution is -2.40. The number of amides is 1. The van der Waals surface area contributed by atoms with Crippen LogP contribution in [0.5, 0.6) is 0 Å². The lowest BCUT2D eigenvalue weighted by molar-refractivity contribution is -0.141. The van der Waals surface area contributed by atoms with Crippen molar-refractivity contribution in [2.24, 2.45) is 0 Å². The SMILES string of the molecule is Cc1cc(C(=O)N(CCO)CC(F)(F)F)ccc1N. The van der Waals surface area contributed by atoms with Crippen LogP contribution >= 0.6 is 0 Å². The summed E-state index contributed by atoms with van der Waals surface area (Å²) in [5.41, 5.74) is 6.77. The molecule has 0 aliphatic heterocycles. The number of alkyl halides is 3. The number of carbonyl (C=O) groups excluding carboxylic acids is 1. The summed E-state index contributed by atoms with van der Waals surface area (Å²) in [5, 5.41) is 8.75. The minimum atomic E-state index is -4.51. The highest BCUT2D eigenvalue weighted by atomic mass is 19.4. The Bertz CT molecular complexity index is 461. The molecule has 0 aromatic heterocycles. The fourth-order valence-electron chi connectivity index (χ4n) is 1.58. The van der Waals surface area contributed by atoms with Crippen LogP contribution in [0.4, 0.5) is 18.9 Å². The third-order valence-electron chi connectivity index (χ3n) is 2.54. The van der Waals surface area contributed by atoms with Gasteiger partial charge in [0.1, 0.15) is 6.54 Å². The second-order valence-corrected chi connectivity index (χ2v) is 4.14. The van der Waals surface area contributed by atoms with Gasteiger partial charge in [0.25, 0.3) is 5.91 Å². The predicted octanol–water partition coefficient (Wildman–Crippen LogP) is 1.57. The van der Waals surface area contributed by atoms with Crippen molar-refractivity contribution in [1.82, 2.24) is 4.90 Å². The second kappa shape index (κ2) is 5.92. The van der Waals surface area contributed by atoms with Crippen LogP contribution in [-0.4, -0.2) is 41.8 Å². The number of nitrogen functional groups attached to an aromatic ring is 1. The first-order valence-electron chi connectivity index (χ1n) is 5.57.